The van der Waals surface area contributed by atoms with E-state index in [1.165, 1.54) is 0 Å². The molecule has 0 saturated carbocycles. The summed E-state index contributed by atoms with van der Waals surface area (Å²) in [5.74, 6) is -0.495. The molecule has 0 saturated heterocycles. The van der Waals surface area contributed by atoms with Crippen LogP contribution in [0.15, 0.2) is 45.7 Å². The maximum atomic E-state index is 12.1. The lowest BCUT2D eigenvalue weighted by atomic mass is 9.98. The Labute approximate surface area is 109 Å². The van der Waals surface area contributed by atoms with Crippen LogP contribution < -0.4 is 0 Å². The van der Waals surface area contributed by atoms with Gasteiger partial charge in [0, 0.05) is 11.3 Å². The van der Waals surface area contributed by atoms with E-state index in [9.17, 15) is 4.79 Å². The van der Waals surface area contributed by atoms with E-state index >= 15 is 0 Å². The number of hydrogen-bond donors (Lipinski definition) is 0. The van der Waals surface area contributed by atoms with Gasteiger partial charge in [-0.2, -0.15) is 10.2 Å². The van der Waals surface area contributed by atoms with E-state index < -0.39 is 11.5 Å². The molecule has 1 atom stereocenters. The number of rotatable bonds is 5. The lowest BCUT2D eigenvalue weighted by Gasteiger charge is -2.19. The van der Waals surface area contributed by atoms with Crippen molar-refractivity contribution in [3.8, 4) is 0 Å². The average molecular weight is 259 g/mol. The van der Waals surface area contributed by atoms with Crippen LogP contribution in [0.25, 0.3) is 10.4 Å². The van der Waals surface area contributed by atoms with Gasteiger partial charge in [-0.05, 0) is 11.1 Å². The Morgan fingerprint density at radius 1 is 1.47 bits per heavy atom. The molecule has 2 rings (SSSR count). The first kappa shape index (κ1) is 13.0. The molecule has 98 valence electrons. The van der Waals surface area contributed by atoms with Gasteiger partial charge >= 0.3 is 5.97 Å². The summed E-state index contributed by atoms with van der Waals surface area (Å²) in [5.41, 5.74) is 8.12. The van der Waals surface area contributed by atoms with Crippen LogP contribution in [0.2, 0.25) is 0 Å². The fourth-order valence-electron chi connectivity index (χ4n) is 1.79. The van der Waals surface area contributed by atoms with Crippen LogP contribution in [0.4, 0.5) is 0 Å². The van der Waals surface area contributed by atoms with E-state index in [4.69, 9.17) is 10.3 Å². The summed E-state index contributed by atoms with van der Waals surface area (Å²) in [7, 11) is 0. The maximum Gasteiger partial charge on any atom is 0.336 e. The van der Waals surface area contributed by atoms with Gasteiger partial charge in [-0.15, -0.1) is 0 Å². The van der Waals surface area contributed by atoms with Crippen LogP contribution >= 0.6 is 0 Å². The Hall–Kier alpha value is -2.40. The zero-order chi connectivity index (χ0) is 13.6. The molecule has 0 spiro atoms. The molecule has 7 nitrogen and oxygen atoms in total. The molecule has 0 aromatic heterocycles. The molecule has 0 fully saturated rings. The first-order valence-corrected chi connectivity index (χ1v) is 5.87. The van der Waals surface area contributed by atoms with Gasteiger partial charge in [0.15, 0.2) is 5.54 Å². The van der Waals surface area contributed by atoms with Crippen LogP contribution in [0.3, 0.4) is 0 Å². The highest BCUT2D eigenvalue weighted by Gasteiger charge is 2.42. The summed E-state index contributed by atoms with van der Waals surface area (Å²) in [4.78, 5) is 14.7. The Balaban J connectivity index is 2.00. The molecule has 0 aliphatic carbocycles. The summed E-state index contributed by atoms with van der Waals surface area (Å²) in [6.07, 6.45) is 0.416. The lowest BCUT2D eigenvalue weighted by molar-refractivity contribution is -0.150. The highest BCUT2D eigenvalue weighted by Crippen LogP contribution is 2.25. The van der Waals surface area contributed by atoms with E-state index in [0.29, 0.717) is 13.0 Å². The Morgan fingerprint density at radius 3 is 2.89 bits per heavy atom. The number of carbonyl (C=O) groups excluding carboxylic acids is 1. The van der Waals surface area contributed by atoms with Crippen LogP contribution in [-0.4, -0.2) is 24.6 Å². The third-order valence-electron chi connectivity index (χ3n) is 2.88. The van der Waals surface area contributed by atoms with Crippen molar-refractivity contribution in [1.82, 2.24) is 0 Å². The van der Waals surface area contributed by atoms with Crippen molar-refractivity contribution in [2.24, 2.45) is 15.3 Å². The highest BCUT2D eigenvalue weighted by atomic mass is 16.5. The van der Waals surface area contributed by atoms with Gasteiger partial charge in [0.1, 0.15) is 6.61 Å². The smallest absolute Gasteiger partial charge is 0.336 e. The fourth-order valence-corrected chi connectivity index (χ4v) is 1.79. The Morgan fingerprint density at radius 2 is 2.26 bits per heavy atom. The van der Waals surface area contributed by atoms with E-state index in [1.807, 2.05) is 30.3 Å². The second kappa shape index (κ2) is 5.97. The topological polar surface area (TPSA) is 99.8 Å². The molecule has 1 aromatic carbocycles. The number of azide groups is 1. The standard InChI is InChI=1S/C12H13N5O2/c13-17-15-9-12(6-7-14-16-12)11(18)19-8-10-4-2-1-3-5-10/h1-5H,6-9H2. The largest absolute Gasteiger partial charge is 0.459 e. The van der Waals surface area contributed by atoms with E-state index in [0.717, 1.165) is 5.56 Å². The number of nitrogens with zero attached hydrogens (tertiary/aromatic N) is 5. The molecule has 19 heavy (non-hydrogen) atoms. The molecule has 1 aliphatic rings. The molecule has 0 N–H and O–H groups in total. The van der Waals surface area contributed by atoms with Crippen molar-refractivity contribution in [2.45, 2.75) is 18.6 Å². The van der Waals surface area contributed by atoms with Gasteiger partial charge in [-0.1, -0.05) is 35.4 Å². The predicted octanol–water partition coefficient (Wildman–Crippen LogP) is 2.63. The van der Waals surface area contributed by atoms with Crippen molar-refractivity contribution in [3.05, 3.63) is 46.3 Å². The van der Waals surface area contributed by atoms with Gasteiger partial charge in [-0.25, -0.2) is 4.79 Å². The van der Waals surface area contributed by atoms with Gasteiger partial charge in [0.05, 0.1) is 13.1 Å². The normalized spacial score (nSPS) is 20.8. The number of carbonyl (C=O) groups is 1. The molecule has 0 amide bonds. The Kier molecular flexibility index (Phi) is 4.10. The molecule has 1 unspecified atom stereocenters. The fraction of sp³-hybridized carbons (Fsp3) is 0.417. The lowest BCUT2D eigenvalue weighted by Crippen LogP contribution is -2.39. The third kappa shape index (κ3) is 3.08. The van der Waals surface area contributed by atoms with E-state index in [1.54, 1.807) is 0 Å². The van der Waals surface area contributed by atoms with Crippen molar-refractivity contribution in [3.63, 3.8) is 0 Å². The van der Waals surface area contributed by atoms with Gasteiger partial charge in [0.2, 0.25) is 0 Å². The first-order valence-electron chi connectivity index (χ1n) is 5.87. The minimum absolute atomic E-state index is 0.0549. The van der Waals surface area contributed by atoms with Gasteiger partial charge in [-0.3, -0.25) is 0 Å². The number of hydrogen-bond acceptors (Lipinski definition) is 5. The van der Waals surface area contributed by atoms with Crippen LogP contribution in [-0.2, 0) is 16.1 Å². The van der Waals surface area contributed by atoms with Crippen LogP contribution in [0, 0.1) is 0 Å². The zero-order valence-electron chi connectivity index (χ0n) is 10.3. The number of ether oxygens (including phenoxy) is 1. The van der Waals surface area contributed by atoms with Crippen LogP contribution in [0.1, 0.15) is 12.0 Å². The molecule has 0 bridgehead atoms. The summed E-state index contributed by atoms with van der Waals surface area (Å²) in [6.45, 7) is 0.565. The van der Waals surface area contributed by atoms with Crippen molar-refractivity contribution in [2.75, 3.05) is 13.1 Å². The third-order valence-corrected chi connectivity index (χ3v) is 2.88. The maximum absolute atomic E-state index is 12.1. The molecular formula is C12H13N5O2. The summed E-state index contributed by atoms with van der Waals surface area (Å²) in [5, 5.41) is 11.1. The van der Waals surface area contributed by atoms with E-state index in [2.05, 4.69) is 20.3 Å². The predicted molar refractivity (Wildman–Crippen MR) is 67.3 cm³/mol. The molecule has 7 heteroatoms. The molecular weight excluding hydrogens is 246 g/mol. The summed E-state index contributed by atoms with van der Waals surface area (Å²) >= 11 is 0. The quantitative estimate of drug-likeness (QED) is 0.351. The second-order valence-corrected chi connectivity index (χ2v) is 4.20. The summed E-state index contributed by atoms with van der Waals surface area (Å²) < 4.78 is 5.24. The highest BCUT2D eigenvalue weighted by molar-refractivity contribution is 5.81. The molecule has 0 radical (unpaired) electrons. The second-order valence-electron chi connectivity index (χ2n) is 4.20. The minimum Gasteiger partial charge on any atom is -0.459 e. The average Bonchev–Trinajstić information content (AvgIpc) is 2.94. The monoisotopic (exact) mass is 259 g/mol. The number of benzene rings is 1. The first-order chi connectivity index (χ1) is 9.27. The summed E-state index contributed by atoms with van der Waals surface area (Å²) in [6, 6.07) is 9.36. The van der Waals surface area contributed by atoms with Gasteiger partial charge < -0.3 is 4.74 Å². The number of esters is 1. The Bertz CT molecular complexity index is 524. The van der Waals surface area contributed by atoms with Crippen molar-refractivity contribution >= 4 is 5.97 Å². The van der Waals surface area contributed by atoms with Crippen LogP contribution in [0.5, 0.6) is 0 Å². The molecule has 1 aliphatic heterocycles. The minimum atomic E-state index is -1.14. The molecule has 1 heterocycles. The van der Waals surface area contributed by atoms with Crippen molar-refractivity contribution < 1.29 is 9.53 Å². The van der Waals surface area contributed by atoms with Crippen molar-refractivity contribution in [1.29, 1.82) is 0 Å². The SMILES string of the molecule is [N-]=[N+]=NCC1(C(=O)OCc2ccccc2)CCN=N1. The number of azo groups is 1. The zero-order valence-corrected chi connectivity index (χ0v) is 10.3. The van der Waals surface area contributed by atoms with E-state index in [-0.39, 0.29) is 13.2 Å². The molecule has 1 aromatic rings. The van der Waals surface area contributed by atoms with Gasteiger partial charge in [0.25, 0.3) is 0 Å².